The highest BCUT2D eigenvalue weighted by Crippen LogP contribution is 2.38. The van der Waals surface area contributed by atoms with Crippen molar-refractivity contribution in [3.05, 3.63) is 62.7 Å². The zero-order valence-corrected chi connectivity index (χ0v) is 16.2. The first-order valence-electron chi connectivity index (χ1n) is 8.63. The van der Waals surface area contributed by atoms with Gasteiger partial charge in [-0.2, -0.15) is 5.10 Å². The second kappa shape index (κ2) is 10.3. The van der Waals surface area contributed by atoms with Gasteiger partial charge in [0, 0.05) is 11.6 Å². The molecule has 8 nitrogen and oxygen atoms in total. The summed E-state index contributed by atoms with van der Waals surface area (Å²) >= 11 is 5.97. The van der Waals surface area contributed by atoms with E-state index in [1.165, 1.54) is 12.3 Å². The van der Waals surface area contributed by atoms with Crippen molar-refractivity contribution in [3.8, 4) is 11.5 Å². The summed E-state index contributed by atoms with van der Waals surface area (Å²) in [6, 6.07) is 9.40. The molecule has 0 aliphatic rings. The number of carbonyl (C=O) groups excluding carboxylic acids is 1. The lowest BCUT2D eigenvalue weighted by molar-refractivity contribution is -0.386. The third-order valence-electron chi connectivity index (χ3n) is 3.50. The van der Waals surface area contributed by atoms with Gasteiger partial charge >= 0.3 is 5.69 Å². The molecule has 9 heteroatoms. The summed E-state index contributed by atoms with van der Waals surface area (Å²) in [5.74, 6) is -0.181. The van der Waals surface area contributed by atoms with Gasteiger partial charge in [-0.3, -0.25) is 14.9 Å². The average Bonchev–Trinajstić information content (AvgIpc) is 2.67. The lowest BCUT2D eigenvalue weighted by Crippen LogP contribution is -2.18. The standard InChI is InChI=1S/C19H20ClN3O5/c1-3-9-28-18-16(23(25)26)10-13(11-17(18)27-4-2)12-21-22-19(24)14-7-5-6-8-15(14)20/h5-8,10-12H,3-4,9H2,1-2H3,(H,22,24)/b21-12-. The second-order valence-corrected chi connectivity index (χ2v) is 5.99. The smallest absolute Gasteiger partial charge is 0.315 e. The minimum Gasteiger partial charge on any atom is -0.490 e. The monoisotopic (exact) mass is 405 g/mol. The number of nitro groups is 1. The van der Waals surface area contributed by atoms with E-state index in [9.17, 15) is 14.9 Å². The predicted molar refractivity (Wildman–Crippen MR) is 107 cm³/mol. The van der Waals surface area contributed by atoms with Crippen LogP contribution < -0.4 is 14.9 Å². The summed E-state index contributed by atoms with van der Waals surface area (Å²) in [5.41, 5.74) is 2.75. The molecule has 0 aliphatic heterocycles. The van der Waals surface area contributed by atoms with E-state index in [0.717, 1.165) is 0 Å². The Kier molecular flexibility index (Phi) is 7.76. The normalized spacial score (nSPS) is 10.7. The lowest BCUT2D eigenvalue weighted by Gasteiger charge is -2.12. The molecule has 0 saturated heterocycles. The average molecular weight is 406 g/mol. The topological polar surface area (TPSA) is 103 Å². The zero-order valence-electron chi connectivity index (χ0n) is 15.5. The van der Waals surface area contributed by atoms with Gasteiger partial charge in [-0.25, -0.2) is 5.43 Å². The molecule has 0 saturated carbocycles. The Bertz CT molecular complexity index is 886. The Hall–Kier alpha value is -3.13. The number of hydrogen-bond donors (Lipinski definition) is 1. The molecular formula is C19H20ClN3O5. The number of rotatable bonds is 9. The zero-order chi connectivity index (χ0) is 20.5. The number of halogens is 1. The van der Waals surface area contributed by atoms with Gasteiger partial charge in [0.1, 0.15) is 0 Å². The van der Waals surface area contributed by atoms with Gasteiger partial charge in [-0.1, -0.05) is 30.7 Å². The van der Waals surface area contributed by atoms with Crippen LogP contribution in [0, 0.1) is 10.1 Å². The third-order valence-corrected chi connectivity index (χ3v) is 3.83. The highest BCUT2D eigenvalue weighted by atomic mass is 35.5. The third kappa shape index (κ3) is 5.43. The number of nitro benzene ring substituents is 1. The number of nitrogens with one attached hydrogen (secondary N) is 1. The lowest BCUT2D eigenvalue weighted by atomic mass is 10.2. The van der Waals surface area contributed by atoms with Crippen LogP contribution in [0.3, 0.4) is 0 Å². The summed E-state index contributed by atoms with van der Waals surface area (Å²) in [7, 11) is 0. The van der Waals surface area contributed by atoms with Gasteiger partial charge in [0.2, 0.25) is 5.75 Å². The molecule has 2 aromatic rings. The molecule has 0 unspecified atom stereocenters. The van der Waals surface area contributed by atoms with E-state index in [0.29, 0.717) is 30.2 Å². The van der Waals surface area contributed by atoms with Gasteiger partial charge in [0.25, 0.3) is 5.91 Å². The van der Waals surface area contributed by atoms with E-state index in [1.807, 2.05) is 6.92 Å². The Morgan fingerprint density at radius 2 is 2.04 bits per heavy atom. The number of carbonyl (C=O) groups is 1. The van der Waals surface area contributed by atoms with Gasteiger partial charge in [-0.15, -0.1) is 0 Å². The molecule has 2 rings (SSSR count). The number of hydrogen-bond acceptors (Lipinski definition) is 6. The van der Waals surface area contributed by atoms with Crippen molar-refractivity contribution in [3.63, 3.8) is 0 Å². The minimum atomic E-state index is -0.548. The van der Waals surface area contributed by atoms with Crippen molar-refractivity contribution >= 4 is 29.4 Å². The van der Waals surface area contributed by atoms with Crippen molar-refractivity contribution in [2.75, 3.05) is 13.2 Å². The number of benzene rings is 2. The molecule has 0 aromatic heterocycles. The maximum absolute atomic E-state index is 12.1. The number of hydrazone groups is 1. The van der Waals surface area contributed by atoms with Crippen LogP contribution in [0.25, 0.3) is 0 Å². The van der Waals surface area contributed by atoms with E-state index in [1.54, 1.807) is 37.3 Å². The first-order chi connectivity index (χ1) is 13.5. The first-order valence-corrected chi connectivity index (χ1v) is 9.01. The molecule has 0 radical (unpaired) electrons. The van der Waals surface area contributed by atoms with Crippen LogP contribution in [0.2, 0.25) is 5.02 Å². The van der Waals surface area contributed by atoms with Crippen LogP contribution in [-0.2, 0) is 0 Å². The molecular weight excluding hydrogens is 386 g/mol. The van der Waals surface area contributed by atoms with Crippen LogP contribution in [0.4, 0.5) is 5.69 Å². The van der Waals surface area contributed by atoms with Crippen LogP contribution in [-0.4, -0.2) is 30.3 Å². The molecule has 148 valence electrons. The summed E-state index contributed by atoms with van der Waals surface area (Å²) in [5, 5.41) is 15.6. The molecule has 0 bridgehead atoms. The predicted octanol–water partition coefficient (Wildman–Crippen LogP) is 4.20. The van der Waals surface area contributed by atoms with Crippen LogP contribution in [0.1, 0.15) is 36.2 Å². The fraction of sp³-hybridized carbons (Fsp3) is 0.263. The van der Waals surface area contributed by atoms with Crippen molar-refractivity contribution < 1.29 is 19.2 Å². The Morgan fingerprint density at radius 1 is 1.29 bits per heavy atom. The summed E-state index contributed by atoms with van der Waals surface area (Å²) < 4.78 is 11.0. The Balaban J connectivity index is 2.27. The summed E-state index contributed by atoms with van der Waals surface area (Å²) in [6.45, 7) is 4.29. The van der Waals surface area contributed by atoms with Gasteiger partial charge < -0.3 is 9.47 Å². The maximum atomic E-state index is 12.1. The molecule has 0 atom stereocenters. The number of ether oxygens (including phenoxy) is 2. The van der Waals surface area contributed by atoms with Gasteiger partial charge in [0.15, 0.2) is 5.75 Å². The fourth-order valence-corrected chi connectivity index (χ4v) is 2.52. The molecule has 1 amide bonds. The van der Waals surface area contributed by atoms with Crippen molar-refractivity contribution in [1.82, 2.24) is 5.43 Å². The fourth-order valence-electron chi connectivity index (χ4n) is 2.30. The van der Waals surface area contributed by atoms with E-state index >= 15 is 0 Å². The molecule has 1 N–H and O–H groups in total. The number of nitrogens with zero attached hydrogens (tertiary/aromatic N) is 2. The van der Waals surface area contributed by atoms with E-state index in [4.69, 9.17) is 21.1 Å². The van der Waals surface area contributed by atoms with Crippen LogP contribution in [0.5, 0.6) is 11.5 Å². The maximum Gasteiger partial charge on any atom is 0.315 e. The molecule has 0 spiro atoms. The van der Waals surface area contributed by atoms with Gasteiger partial charge in [-0.05, 0) is 31.5 Å². The van der Waals surface area contributed by atoms with E-state index in [2.05, 4.69) is 10.5 Å². The minimum absolute atomic E-state index is 0.0750. The SMILES string of the molecule is CCCOc1c(OCC)cc(/C=N\NC(=O)c2ccccc2Cl)cc1[N+](=O)[O-]. The molecule has 2 aromatic carbocycles. The van der Waals surface area contributed by atoms with Gasteiger partial charge in [0.05, 0.1) is 34.9 Å². The largest absolute Gasteiger partial charge is 0.490 e. The highest BCUT2D eigenvalue weighted by Gasteiger charge is 2.22. The highest BCUT2D eigenvalue weighted by molar-refractivity contribution is 6.33. The molecule has 28 heavy (non-hydrogen) atoms. The Morgan fingerprint density at radius 3 is 2.68 bits per heavy atom. The van der Waals surface area contributed by atoms with Crippen molar-refractivity contribution in [2.45, 2.75) is 20.3 Å². The summed E-state index contributed by atoms with van der Waals surface area (Å²) in [4.78, 5) is 23.0. The van der Waals surface area contributed by atoms with Crippen LogP contribution in [0.15, 0.2) is 41.5 Å². The molecule has 0 fully saturated rings. The summed E-state index contributed by atoms with van der Waals surface area (Å²) in [6.07, 6.45) is 1.98. The van der Waals surface area contributed by atoms with Crippen molar-refractivity contribution in [2.24, 2.45) is 5.10 Å². The van der Waals surface area contributed by atoms with E-state index < -0.39 is 10.8 Å². The molecule has 0 heterocycles. The molecule has 0 aliphatic carbocycles. The first kappa shape index (κ1) is 21.2. The second-order valence-electron chi connectivity index (χ2n) is 5.58. The number of amides is 1. The van der Waals surface area contributed by atoms with E-state index in [-0.39, 0.29) is 22.7 Å². The van der Waals surface area contributed by atoms with Crippen molar-refractivity contribution in [1.29, 1.82) is 0 Å². The quantitative estimate of drug-likeness (QED) is 0.382. The van der Waals surface area contributed by atoms with Crippen LogP contribution >= 0.6 is 11.6 Å². The Labute approximate surface area is 167 Å².